The van der Waals surface area contributed by atoms with Gasteiger partial charge in [-0.1, -0.05) is 0 Å². The summed E-state index contributed by atoms with van der Waals surface area (Å²) in [6, 6.07) is 6.62. The highest BCUT2D eigenvalue weighted by molar-refractivity contribution is 5.61. The van der Waals surface area contributed by atoms with Crippen molar-refractivity contribution in [3.8, 4) is 11.3 Å². The number of benzene rings is 1. The van der Waals surface area contributed by atoms with E-state index in [9.17, 15) is 19.0 Å². The van der Waals surface area contributed by atoms with Gasteiger partial charge in [0.25, 0.3) is 0 Å². The van der Waals surface area contributed by atoms with E-state index >= 15 is 0 Å². The lowest BCUT2D eigenvalue weighted by Gasteiger charge is -2.23. The number of pyridine rings is 1. The zero-order chi connectivity index (χ0) is 18.1. The fourth-order valence-electron chi connectivity index (χ4n) is 2.40. The maximum absolute atomic E-state index is 14.9. The Morgan fingerprint density at radius 2 is 1.75 bits per heavy atom. The fraction of sp³-hybridized carbons (Fsp3) is 0.389. The Morgan fingerprint density at radius 1 is 1.17 bits per heavy atom. The van der Waals surface area contributed by atoms with Crippen LogP contribution < -0.4 is 0 Å². The molecule has 130 valence electrons. The quantitative estimate of drug-likeness (QED) is 0.882. The Labute approximate surface area is 140 Å². The zero-order valence-electron chi connectivity index (χ0n) is 14.2. The van der Waals surface area contributed by atoms with Gasteiger partial charge in [-0.25, -0.2) is 13.8 Å². The Hall–Kier alpha value is -1.89. The Balaban J connectivity index is 2.62. The van der Waals surface area contributed by atoms with Crippen LogP contribution in [0.3, 0.4) is 0 Å². The molecular weight excluding hydrogens is 314 g/mol. The standard InChI is InChI=1S/C18H22F2N2O2/c1-18(2,24)13-9-14(15(23)10-22(3)4)21-17(16(13)20)11-5-7-12(19)8-6-11/h5-9,15,23-24H,10H2,1-4H3/t15-/m1/s1. The number of hydrogen-bond donors (Lipinski definition) is 2. The highest BCUT2D eigenvalue weighted by atomic mass is 19.1. The summed E-state index contributed by atoms with van der Waals surface area (Å²) in [5.41, 5.74) is -0.819. The fourth-order valence-corrected chi connectivity index (χ4v) is 2.40. The molecule has 0 aliphatic heterocycles. The molecule has 0 radical (unpaired) electrons. The van der Waals surface area contributed by atoms with Crippen LogP contribution >= 0.6 is 0 Å². The molecule has 1 heterocycles. The van der Waals surface area contributed by atoms with E-state index in [0.717, 1.165) is 0 Å². The second-order valence-corrected chi connectivity index (χ2v) is 6.60. The highest BCUT2D eigenvalue weighted by Crippen LogP contribution is 2.32. The summed E-state index contributed by atoms with van der Waals surface area (Å²) in [6.45, 7) is 3.22. The molecule has 0 saturated heterocycles. The predicted octanol–water partition coefficient (Wildman–Crippen LogP) is 2.85. The lowest BCUT2D eigenvalue weighted by atomic mass is 9.94. The third-order valence-electron chi connectivity index (χ3n) is 3.63. The number of halogens is 2. The van der Waals surface area contributed by atoms with Crippen molar-refractivity contribution in [1.82, 2.24) is 9.88 Å². The minimum absolute atomic E-state index is 0.0255. The van der Waals surface area contributed by atoms with Crippen molar-refractivity contribution in [3.63, 3.8) is 0 Å². The van der Waals surface area contributed by atoms with Gasteiger partial charge in [-0.2, -0.15) is 0 Å². The molecule has 6 heteroatoms. The molecule has 0 unspecified atom stereocenters. The number of aliphatic hydroxyl groups excluding tert-OH is 1. The van der Waals surface area contributed by atoms with Gasteiger partial charge in [-0.05, 0) is 58.3 Å². The van der Waals surface area contributed by atoms with Gasteiger partial charge in [-0.15, -0.1) is 0 Å². The van der Waals surface area contributed by atoms with E-state index in [4.69, 9.17) is 0 Å². The van der Waals surface area contributed by atoms with Crippen molar-refractivity contribution in [2.24, 2.45) is 0 Å². The average Bonchev–Trinajstić information content (AvgIpc) is 2.46. The SMILES string of the molecule is CN(C)C[C@@H](O)c1cc(C(C)(C)O)c(F)c(-c2ccc(F)cc2)n1. The van der Waals surface area contributed by atoms with Crippen LogP contribution in [0.5, 0.6) is 0 Å². The maximum Gasteiger partial charge on any atom is 0.155 e. The molecule has 2 rings (SSSR count). The second-order valence-electron chi connectivity index (χ2n) is 6.60. The highest BCUT2D eigenvalue weighted by Gasteiger charge is 2.27. The molecule has 0 saturated carbocycles. The number of hydrogen-bond acceptors (Lipinski definition) is 4. The van der Waals surface area contributed by atoms with Crippen LogP contribution in [0, 0.1) is 11.6 Å². The van der Waals surface area contributed by atoms with E-state index in [1.165, 1.54) is 44.2 Å². The van der Waals surface area contributed by atoms with E-state index in [1.54, 1.807) is 19.0 Å². The van der Waals surface area contributed by atoms with Gasteiger partial charge in [0.1, 0.15) is 17.6 Å². The lowest BCUT2D eigenvalue weighted by molar-refractivity contribution is 0.0736. The second kappa shape index (κ2) is 6.93. The molecule has 24 heavy (non-hydrogen) atoms. The van der Waals surface area contributed by atoms with Gasteiger partial charge in [0.2, 0.25) is 0 Å². The summed E-state index contributed by atoms with van der Waals surface area (Å²) in [5, 5.41) is 20.6. The minimum Gasteiger partial charge on any atom is -0.386 e. The largest absolute Gasteiger partial charge is 0.386 e. The third kappa shape index (κ3) is 4.14. The predicted molar refractivity (Wildman–Crippen MR) is 88.3 cm³/mol. The van der Waals surface area contributed by atoms with Crippen LogP contribution in [0.25, 0.3) is 11.3 Å². The first-order valence-corrected chi connectivity index (χ1v) is 7.61. The molecule has 0 aliphatic carbocycles. The summed E-state index contributed by atoms with van der Waals surface area (Å²) in [4.78, 5) is 5.99. The Kier molecular flexibility index (Phi) is 5.32. The summed E-state index contributed by atoms with van der Waals surface area (Å²) < 4.78 is 28.0. The molecule has 2 N–H and O–H groups in total. The summed E-state index contributed by atoms with van der Waals surface area (Å²) in [5.74, 6) is -1.12. The van der Waals surface area contributed by atoms with E-state index in [1.807, 2.05) is 0 Å². The first-order chi connectivity index (χ1) is 11.1. The summed E-state index contributed by atoms with van der Waals surface area (Å²) >= 11 is 0. The number of rotatable bonds is 5. The zero-order valence-corrected chi connectivity index (χ0v) is 14.2. The number of likely N-dealkylation sites (N-methyl/N-ethyl adjacent to an activating group) is 1. The van der Waals surface area contributed by atoms with Crippen molar-refractivity contribution in [3.05, 3.63) is 53.2 Å². The smallest absolute Gasteiger partial charge is 0.155 e. The Morgan fingerprint density at radius 3 is 2.25 bits per heavy atom. The van der Waals surface area contributed by atoms with Gasteiger partial charge >= 0.3 is 0 Å². The van der Waals surface area contributed by atoms with Crippen molar-refractivity contribution in [1.29, 1.82) is 0 Å². The normalized spacial score (nSPS) is 13.4. The van der Waals surface area contributed by atoms with E-state index < -0.39 is 23.3 Å². The molecule has 1 aromatic carbocycles. The van der Waals surface area contributed by atoms with Crippen LogP contribution in [0.1, 0.15) is 31.2 Å². The van der Waals surface area contributed by atoms with E-state index in [2.05, 4.69) is 4.98 Å². The van der Waals surface area contributed by atoms with Gasteiger partial charge in [0.15, 0.2) is 5.82 Å². The molecule has 0 fully saturated rings. The maximum atomic E-state index is 14.9. The molecule has 1 atom stereocenters. The summed E-state index contributed by atoms with van der Waals surface area (Å²) in [7, 11) is 3.59. The molecule has 1 aromatic heterocycles. The van der Waals surface area contributed by atoms with E-state index in [-0.39, 0.29) is 17.0 Å². The molecule has 4 nitrogen and oxygen atoms in total. The van der Waals surface area contributed by atoms with Crippen LogP contribution in [0.4, 0.5) is 8.78 Å². The van der Waals surface area contributed by atoms with Crippen LogP contribution in [0.15, 0.2) is 30.3 Å². The van der Waals surface area contributed by atoms with Crippen molar-refractivity contribution >= 4 is 0 Å². The number of aromatic nitrogens is 1. The van der Waals surface area contributed by atoms with Crippen LogP contribution in [0.2, 0.25) is 0 Å². The summed E-state index contributed by atoms with van der Waals surface area (Å²) in [6.07, 6.45) is -0.944. The van der Waals surface area contributed by atoms with Crippen molar-refractivity contribution in [2.45, 2.75) is 25.6 Å². The first kappa shape index (κ1) is 18.4. The molecular formula is C18H22F2N2O2. The van der Waals surface area contributed by atoms with Gasteiger partial charge in [0.05, 0.1) is 11.3 Å². The number of nitrogens with zero attached hydrogens (tertiary/aromatic N) is 2. The molecule has 0 aliphatic rings. The van der Waals surface area contributed by atoms with Gasteiger partial charge in [-0.3, -0.25) is 0 Å². The molecule has 2 aromatic rings. The Bertz CT molecular complexity index is 710. The minimum atomic E-state index is -1.45. The van der Waals surface area contributed by atoms with Gasteiger partial charge in [0, 0.05) is 17.7 Å². The average molecular weight is 336 g/mol. The van der Waals surface area contributed by atoms with Crippen molar-refractivity contribution in [2.75, 3.05) is 20.6 Å². The lowest BCUT2D eigenvalue weighted by Crippen LogP contribution is -2.23. The van der Waals surface area contributed by atoms with Crippen LogP contribution in [-0.4, -0.2) is 40.7 Å². The van der Waals surface area contributed by atoms with Gasteiger partial charge < -0.3 is 15.1 Å². The number of aliphatic hydroxyl groups is 2. The topological polar surface area (TPSA) is 56.6 Å². The first-order valence-electron chi connectivity index (χ1n) is 7.61. The molecule has 0 spiro atoms. The monoisotopic (exact) mass is 336 g/mol. The molecule has 0 amide bonds. The van der Waals surface area contributed by atoms with Crippen LogP contribution in [-0.2, 0) is 5.60 Å². The van der Waals surface area contributed by atoms with Crippen molar-refractivity contribution < 1.29 is 19.0 Å². The molecule has 0 bridgehead atoms. The van der Waals surface area contributed by atoms with E-state index in [0.29, 0.717) is 12.1 Å². The third-order valence-corrected chi connectivity index (χ3v) is 3.63.